The van der Waals surface area contributed by atoms with Crippen LogP contribution in [0.25, 0.3) is 0 Å². The molecule has 0 aliphatic carbocycles. The second-order valence-electron chi connectivity index (χ2n) is 5.10. The van der Waals surface area contributed by atoms with Gasteiger partial charge in [0.25, 0.3) is 0 Å². The van der Waals surface area contributed by atoms with E-state index in [1.165, 1.54) is 0 Å². The molecule has 1 aromatic heterocycles. The fourth-order valence-corrected chi connectivity index (χ4v) is 2.68. The molecule has 0 radical (unpaired) electrons. The highest BCUT2D eigenvalue weighted by Crippen LogP contribution is 2.24. The number of rotatable bonds is 4. The Morgan fingerprint density at radius 3 is 2.58 bits per heavy atom. The van der Waals surface area contributed by atoms with Gasteiger partial charge in [0.1, 0.15) is 0 Å². The van der Waals surface area contributed by atoms with Crippen molar-refractivity contribution in [3.8, 4) is 5.88 Å². The predicted molar refractivity (Wildman–Crippen MR) is 74.2 cm³/mol. The maximum atomic E-state index is 5.96. The average molecular weight is 265 g/mol. The summed E-state index contributed by atoms with van der Waals surface area (Å²) in [6.07, 6.45) is 2.33. The molecule has 1 aliphatic heterocycles. The Kier molecular flexibility index (Phi) is 4.74. The quantitative estimate of drug-likeness (QED) is 0.886. The number of hydrogen-bond acceptors (Lipinski definition) is 5. The highest BCUT2D eigenvalue weighted by atomic mass is 16.5. The van der Waals surface area contributed by atoms with E-state index >= 15 is 0 Å². The zero-order valence-electron chi connectivity index (χ0n) is 11.9. The van der Waals surface area contributed by atoms with Crippen LogP contribution in [0.1, 0.15) is 25.5 Å². The number of nitrogens with zero attached hydrogens (tertiary/aromatic N) is 2. The van der Waals surface area contributed by atoms with Gasteiger partial charge in [-0.25, -0.2) is 4.98 Å². The second-order valence-corrected chi connectivity index (χ2v) is 5.10. The number of ether oxygens (including phenoxy) is 2. The van der Waals surface area contributed by atoms with E-state index in [0.717, 1.165) is 18.7 Å². The lowest BCUT2D eigenvalue weighted by Crippen LogP contribution is -2.48. The number of aromatic nitrogens is 1. The number of hydrogen-bond donors (Lipinski definition) is 1. The van der Waals surface area contributed by atoms with Crippen LogP contribution in [-0.4, -0.2) is 48.8 Å². The van der Waals surface area contributed by atoms with Gasteiger partial charge in [-0.05, 0) is 19.4 Å². The molecule has 1 aromatic rings. The molecule has 2 heterocycles. The van der Waals surface area contributed by atoms with Crippen molar-refractivity contribution < 1.29 is 9.47 Å². The molecule has 2 rings (SSSR count). The summed E-state index contributed by atoms with van der Waals surface area (Å²) in [5.74, 6) is 0.628. The van der Waals surface area contributed by atoms with Crippen LogP contribution in [0.15, 0.2) is 18.3 Å². The molecule has 1 fully saturated rings. The first-order valence-electron chi connectivity index (χ1n) is 6.73. The van der Waals surface area contributed by atoms with Crippen LogP contribution in [0.3, 0.4) is 0 Å². The lowest BCUT2D eigenvalue weighted by molar-refractivity contribution is -0.0799. The number of methoxy groups -OCH3 is 1. The maximum Gasteiger partial charge on any atom is 0.212 e. The first-order valence-corrected chi connectivity index (χ1v) is 6.73. The van der Waals surface area contributed by atoms with Gasteiger partial charge in [0.15, 0.2) is 0 Å². The summed E-state index contributed by atoms with van der Waals surface area (Å²) in [6.45, 7) is 6.58. The lowest BCUT2D eigenvalue weighted by Gasteiger charge is -2.39. The summed E-state index contributed by atoms with van der Waals surface area (Å²) in [5.41, 5.74) is 7.08. The molecule has 0 aromatic carbocycles. The van der Waals surface area contributed by atoms with E-state index in [-0.39, 0.29) is 18.2 Å². The van der Waals surface area contributed by atoms with Gasteiger partial charge in [-0.1, -0.05) is 6.07 Å². The Labute approximate surface area is 114 Å². The van der Waals surface area contributed by atoms with Crippen molar-refractivity contribution in [2.24, 2.45) is 5.73 Å². The minimum Gasteiger partial charge on any atom is -0.481 e. The molecule has 5 heteroatoms. The van der Waals surface area contributed by atoms with E-state index in [4.69, 9.17) is 15.2 Å². The van der Waals surface area contributed by atoms with Crippen LogP contribution in [0.2, 0.25) is 0 Å². The highest BCUT2D eigenvalue weighted by molar-refractivity contribution is 5.21. The molecule has 0 spiro atoms. The van der Waals surface area contributed by atoms with Gasteiger partial charge in [0, 0.05) is 37.9 Å². The molecular formula is C14H23N3O2. The standard InChI is InChI=1S/C14H23N3O2/c1-10-8-17(9-11(2)19-10)13(6-15)12-4-5-14(18-3)16-7-12/h4-5,7,10-11,13H,6,8-9,15H2,1-3H3. The van der Waals surface area contributed by atoms with Gasteiger partial charge in [0.2, 0.25) is 5.88 Å². The number of pyridine rings is 1. The fraction of sp³-hybridized carbons (Fsp3) is 0.643. The molecule has 5 nitrogen and oxygen atoms in total. The van der Waals surface area contributed by atoms with Gasteiger partial charge in [-0.15, -0.1) is 0 Å². The van der Waals surface area contributed by atoms with E-state index in [9.17, 15) is 0 Å². The molecular weight excluding hydrogens is 242 g/mol. The third-order valence-electron chi connectivity index (χ3n) is 3.47. The average Bonchev–Trinajstić information content (AvgIpc) is 2.39. The lowest BCUT2D eigenvalue weighted by atomic mass is 10.1. The Balaban J connectivity index is 2.13. The first kappa shape index (κ1) is 14.2. The van der Waals surface area contributed by atoms with Crippen molar-refractivity contribution in [1.82, 2.24) is 9.88 Å². The summed E-state index contributed by atoms with van der Waals surface area (Å²) in [4.78, 5) is 6.64. The molecule has 0 bridgehead atoms. The van der Waals surface area contributed by atoms with E-state index in [1.54, 1.807) is 7.11 Å². The van der Waals surface area contributed by atoms with Gasteiger partial charge in [0.05, 0.1) is 19.3 Å². The van der Waals surface area contributed by atoms with Gasteiger partial charge in [-0.3, -0.25) is 4.90 Å². The Morgan fingerprint density at radius 2 is 2.11 bits per heavy atom. The molecule has 19 heavy (non-hydrogen) atoms. The highest BCUT2D eigenvalue weighted by Gasteiger charge is 2.28. The van der Waals surface area contributed by atoms with Crippen LogP contribution in [-0.2, 0) is 4.74 Å². The number of nitrogens with two attached hydrogens (primary N) is 1. The molecule has 3 atom stereocenters. The predicted octanol–water partition coefficient (Wildman–Crippen LogP) is 1.20. The zero-order chi connectivity index (χ0) is 13.8. The molecule has 3 unspecified atom stereocenters. The normalized spacial score (nSPS) is 26.1. The van der Waals surface area contributed by atoms with Crippen LogP contribution in [0.4, 0.5) is 0 Å². The van der Waals surface area contributed by atoms with Crippen molar-refractivity contribution in [2.45, 2.75) is 32.1 Å². The molecule has 1 saturated heterocycles. The van der Waals surface area contributed by atoms with Crippen LogP contribution in [0, 0.1) is 0 Å². The fourth-order valence-electron chi connectivity index (χ4n) is 2.68. The Hall–Kier alpha value is -1.17. The molecule has 0 amide bonds. The largest absolute Gasteiger partial charge is 0.481 e. The van der Waals surface area contributed by atoms with E-state index in [2.05, 4.69) is 23.7 Å². The monoisotopic (exact) mass is 265 g/mol. The van der Waals surface area contributed by atoms with Gasteiger partial charge in [-0.2, -0.15) is 0 Å². The third kappa shape index (κ3) is 3.43. The SMILES string of the molecule is COc1ccc(C(CN)N2CC(C)OC(C)C2)cn1. The summed E-state index contributed by atoms with van der Waals surface area (Å²) >= 11 is 0. The van der Waals surface area contributed by atoms with E-state index in [1.807, 2.05) is 18.3 Å². The van der Waals surface area contributed by atoms with E-state index in [0.29, 0.717) is 12.4 Å². The minimum absolute atomic E-state index is 0.187. The first-order chi connectivity index (χ1) is 9.13. The molecule has 106 valence electrons. The molecule has 1 aliphatic rings. The third-order valence-corrected chi connectivity index (χ3v) is 3.47. The van der Waals surface area contributed by atoms with E-state index < -0.39 is 0 Å². The molecule has 0 saturated carbocycles. The smallest absolute Gasteiger partial charge is 0.212 e. The summed E-state index contributed by atoms with van der Waals surface area (Å²) in [5, 5.41) is 0. The number of morpholine rings is 1. The molecule has 2 N–H and O–H groups in total. The van der Waals surface area contributed by atoms with Crippen LogP contribution >= 0.6 is 0 Å². The van der Waals surface area contributed by atoms with Gasteiger partial charge >= 0.3 is 0 Å². The summed E-state index contributed by atoms with van der Waals surface area (Å²) in [7, 11) is 1.62. The Morgan fingerprint density at radius 1 is 1.42 bits per heavy atom. The zero-order valence-corrected chi connectivity index (χ0v) is 11.9. The summed E-state index contributed by atoms with van der Waals surface area (Å²) < 4.78 is 10.9. The van der Waals surface area contributed by atoms with Crippen LogP contribution < -0.4 is 10.5 Å². The van der Waals surface area contributed by atoms with Gasteiger partial charge < -0.3 is 15.2 Å². The van der Waals surface area contributed by atoms with Crippen molar-refractivity contribution in [3.63, 3.8) is 0 Å². The maximum absolute atomic E-state index is 5.96. The van der Waals surface area contributed by atoms with Crippen molar-refractivity contribution in [3.05, 3.63) is 23.9 Å². The Bertz CT molecular complexity index is 386. The minimum atomic E-state index is 0.187. The topological polar surface area (TPSA) is 60.6 Å². The van der Waals surface area contributed by atoms with Crippen molar-refractivity contribution in [1.29, 1.82) is 0 Å². The van der Waals surface area contributed by atoms with Crippen molar-refractivity contribution >= 4 is 0 Å². The second kappa shape index (κ2) is 6.32. The summed E-state index contributed by atoms with van der Waals surface area (Å²) in [6, 6.07) is 4.10. The van der Waals surface area contributed by atoms with Crippen molar-refractivity contribution in [2.75, 3.05) is 26.7 Å². The van der Waals surface area contributed by atoms with Crippen LogP contribution in [0.5, 0.6) is 5.88 Å².